The Balaban J connectivity index is 1.53. The minimum Gasteiger partial charge on any atom is -0.439 e. The number of carbonyl (C=O) groups is 2. The number of rotatable bonds is 6. The number of amides is 2. The first-order valence-corrected chi connectivity index (χ1v) is 10.7. The molecule has 0 aliphatic carbocycles. The van der Waals surface area contributed by atoms with Crippen molar-refractivity contribution in [2.75, 3.05) is 5.32 Å². The molecule has 2 aromatic heterocycles. The molecule has 3 heterocycles. The van der Waals surface area contributed by atoms with E-state index in [-0.39, 0.29) is 29.6 Å². The smallest absolute Gasteiger partial charge is 0.255 e. The molecule has 170 valence electrons. The molecule has 1 aliphatic rings. The van der Waals surface area contributed by atoms with Gasteiger partial charge in [0.05, 0.1) is 12.6 Å². The predicted octanol–water partition coefficient (Wildman–Crippen LogP) is 5.03. The normalized spacial score (nSPS) is 13.8. The highest BCUT2D eigenvalue weighted by Gasteiger charge is 2.34. The van der Waals surface area contributed by atoms with Gasteiger partial charge in [-0.05, 0) is 55.8 Å². The topological polar surface area (TPSA) is 84.4 Å². The number of ether oxygens (including phenoxy) is 1. The van der Waals surface area contributed by atoms with E-state index in [1.54, 1.807) is 31.0 Å². The molecule has 0 radical (unpaired) electrons. The first-order valence-electron chi connectivity index (χ1n) is 10.7. The Kier molecular flexibility index (Phi) is 6.09. The second kappa shape index (κ2) is 8.97. The van der Waals surface area contributed by atoms with Gasteiger partial charge >= 0.3 is 0 Å². The Hall–Kier alpha value is -3.81. The highest BCUT2D eigenvalue weighted by atomic mass is 19.1. The van der Waals surface area contributed by atoms with E-state index in [1.165, 1.54) is 30.5 Å². The van der Waals surface area contributed by atoms with E-state index >= 15 is 0 Å². The molecule has 2 amide bonds. The largest absolute Gasteiger partial charge is 0.439 e. The monoisotopic (exact) mass is 448 g/mol. The van der Waals surface area contributed by atoms with E-state index in [0.717, 1.165) is 11.1 Å². The number of nitrogens with one attached hydrogen (secondary N) is 1. The lowest BCUT2D eigenvalue weighted by molar-refractivity contribution is -0.118. The molecule has 0 bridgehead atoms. The van der Waals surface area contributed by atoms with Crippen molar-refractivity contribution < 1.29 is 18.7 Å². The summed E-state index contributed by atoms with van der Waals surface area (Å²) in [5, 5.41) is 2.82. The molecular formula is C25H25FN4O3. The van der Waals surface area contributed by atoms with Crippen LogP contribution in [0, 0.1) is 18.7 Å². The van der Waals surface area contributed by atoms with E-state index in [1.807, 2.05) is 19.9 Å². The summed E-state index contributed by atoms with van der Waals surface area (Å²) in [5.74, 6) is 0.522. The Morgan fingerprint density at radius 1 is 1.15 bits per heavy atom. The van der Waals surface area contributed by atoms with E-state index in [2.05, 4.69) is 15.3 Å². The second-order valence-electron chi connectivity index (χ2n) is 8.39. The second-order valence-corrected chi connectivity index (χ2v) is 8.39. The van der Waals surface area contributed by atoms with Crippen molar-refractivity contribution in [2.45, 2.75) is 40.3 Å². The Morgan fingerprint density at radius 2 is 1.88 bits per heavy atom. The summed E-state index contributed by atoms with van der Waals surface area (Å²) in [5.41, 5.74) is 2.89. The fourth-order valence-corrected chi connectivity index (χ4v) is 3.64. The first-order chi connectivity index (χ1) is 15.7. The molecule has 0 spiro atoms. The number of nitrogens with zero attached hydrogens (tertiary/aromatic N) is 3. The molecule has 8 heteroatoms. The Labute approximate surface area is 191 Å². The van der Waals surface area contributed by atoms with E-state index in [4.69, 9.17) is 4.74 Å². The predicted molar refractivity (Wildman–Crippen MR) is 121 cm³/mol. The average molecular weight is 448 g/mol. The molecule has 33 heavy (non-hydrogen) atoms. The van der Waals surface area contributed by atoms with Gasteiger partial charge in [-0.1, -0.05) is 13.8 Å². The number of carbonyl (C=O) groups excluding carboxylic acids is 2. The molecule has 0 fully saturated rings. The third-order valence-corrected chi connectivity index (χ3v) is 5.67. The molecule has 1 unspecified atom stereocenters. The summed E-state index contributed by atoms with van der Waals surface area (Å²) in [6.07, 6.45) is 3.21. The van der Waals surface area contributed by atoms with Crippen molar-refractivity contribution in [1.82, 2.24) is 14.9 Å². The molecule has 3 aromatic rings. The zero-order valence-electron chi connectivity index (χ0n) is 18.9. The molecule has 1 N–H and O–H groups in total. The molecule has 0 saturated carbocycles. The van der Waals surface area contributed by atoms with Crippen LogP contribution in [0.1, 0.15) is 53.9 Å². The molecule has 7 nitrogen and oxygen atoms in total. The minimum atomic E-state index is -0.338. The molecule has 1 aromatic carbocycles. The lowest BCUT2D eigenvalue weighted by Gasteiger charge is -2.25. The summed E-state index contributed by atoms with van der Waals surface area (Å²) in [6.45, 7) is 7.74. The third kappa shape index (κ3) is 4.55. The van der Waals surface area contributed by atoms with Crippen molar-refractivity contribution in [3.05, 3.63) is 76.9 Å². The van der Waals surface area contributed by atoms with Crippen LogP contribution in [0.5, 0.6) is 11.6 Å². The van der Waals surface area contributed by atoms with Gasteiger partial charge in [0.15, 0.2) is 0 Å². The number of aryl methyl sites for hydroxylation is 1. The van der Waals surface area contributed by atoms with Crippen molar-refractivity contribution in [1.29, 1.82) is 0 Å². The number of fused-ring (bicyclic) bond motifs is 1. The molecule has 1 aliphatic heterocycles. The van der Waals surface area contributed by atoms with Crippen molar-refractivity contribution >= 4 is 17.6 Å². The van der Waals surface area contributed by atoms with Gasteiger partial charge in [-0.2, -0.15) is 0 Å². The summed E-state index contributed by atoms with van der Waals surface area (Å²) in [6, 6.07) is 9.07. The lowest BCUT2D eigenvalue weighted by atomic mass is 10.1. The number of aromatic nitrogens is 2. The summed E-state index contributed by atoms with van der Waals surface area (Å²) >= 11 is 0. The number of benzene rings is 1. The third-order valence-electron chi connectivity index (χ3n) is 5.67. The van der Waals surface area contributed by atoms with Crippen molar-refractivity contribution in [3.8, 4) is 11.6 Å². The van der Waals surface area contributed by atoms with E-state index in [0.29, 0.717) is 35.1 Å². The van der Waals surface area contributed by atoms with Gasteiger partial charge in [0.1, 0.15) is 17.4 Å². The first kappa shape index (κ1) is 22.4. The summed E-state index contributed by atoms with van der Waals surface area (Å²) in [4.78, 5) is 35.7. The van der Waals surface area contributed by atoms with Crippen molar-refractivity contribution in [3.63, 3.8) is 0 Å². The quantitative estimate of drug-likeness (QED) is 0.572. The van der Waals surface area contributed by atoms with Gasteiger partial charge in [-0.15, -0.1) is 0 Å². The number of halogens is 1. The van der Waals surface area contributed by atoms with Crippen LogP contribution in [0.15, 0.2) is 48.8 Å². The van der Waals surface area contributed by atoms with Gasteiger partial charge in [-0.25, -0.2) is 14.4 Å². The molecule has 4 rings (SSSR count). The summed E-state index contributed by atoms with van der Waals surface area (Å²) in [7, 11) is 0. The fourth-order valence-electron chi connectivity index (χ4n) is 3.64. The number of pyridine rings is 2. The van der Waals surface area contributed by atoms with Gasteiger partial charge in [-0.3, -0.25) is 9.59 Å². The standard InChI is InChI=1S/C25H25FN4O3/c1-14(2)23(31)29-22-21-13-30(25(32)20(21)9-10-27-22)16(4)17-11-15(3)24(28-12-17)33-19-7-5-18(26)6-8-19/h5-12,14,16H,13H2,1-4H3,(H,27,29,31). The van der Waals surface area contributed by atoms with Crippen LogP contribution in [-0.2, 0) is 11.3 Å². The molecule has 1 atom stereocenters. The van der Waals surface area contributed by atoms with Crippen molar-refractivity contribution in [2.24, 2.45) is 5.92 Å². The van der Waals surface area contributed by atoms with Crippen LogP contribution in [0.4, 0.5) is 10.2 Å². The Bertz CT molecular complexity index is 1210. The SMILES string of the molecule is Cc1cc(C(C)N2Cc3c(ccnc3NC(=O)C(C)C)C2=O)cnc1Oc1ccc(F)cc1. The van der Waals surface area contributed by atoms with Gasteiger partial charge < -0.3 is 15.0 Å². The number of anilines is 1. The number of hydrogen-bond acceptors (Lipinski definition) is 5. The molecular weight excluding hydrogens is 423 g/mol. The fraction of sp³-hybridized carbons (Fsp3) is 0.280. The molecule has 0 saturated heterocycles. The average Bonchev–Trinajstić information content (AvgIpc) is 3.13. The van der Waals surface area contributed by atoms with Gasteiger partial charge in [0.25, 0.3) is 5.91 Å². The maximum absolute atomic E-state index is 13.1. The van der Waals surface area contributed by atoms with Crippen LogP contribution >= 0.6 is 0 Å². The Morgan fingerprint density at radius 3 is 2.55 bits per heavy atom. The van der Waals surface area contributed by atoms with Crippen LogP contribution in [0.25, 0.3) is 0 Å². The van der Waals surface area contributed by atoms with Crippen LogP contribution in [0.3, 0.4) is 0 Å². The van der Waals surface area contributed by atoms with Crippen LogP contribution in [0.2, 0.25) is 0 Å². The zero-order valence-corrected chi connectivity index (χ0v) is 18.9. The maximum atomic E-state index is 13.1. The minimum absolute atomic E-state index is 0.121. The maximum Gasteiger partial charge on any atom is 0.255 e. The van der Waals surface area contributed by atoms with Gasteiger partial charge in [0, 0.05) is 35.0 Å². The van der Waals surface area contributed by atoms with E-state index in [9.17, 15) is 14.0 Å². The number of hydrogen-bond donors (Lipinski definition) is 1. The van der Waals surface area contributed by atoms with Crippen LogP contribution in [-0.4, -0.2) is 26.7 Å². The lowest BCUT2D eigenvalue weighted by Crippen LogP contribution is -2.27. The summed E-state index contributed by atoms with van der Waals surface area (Å²) < 4.78 is 18.9. The van der Waals surface area contributed by atoms with Crippen LogP contribution < -0.4 is 10.1 Å². The zero-order chi connectivity index (χ0) is 23.7. The highest BCUT2D eigenvalue weighted by molar-refractivity contribution is 6.01. The van der Waals surface area contributed by atoms with Gasteiger partial charge in [0.2, 0.25) is 11.8 Å². The van der Waals surface area contributed by atoms with E-state index < -0.39 is 0 Å². The highest BCUT2D eigenvalue weighted by Crippen LogP contribution is 2.35.